The van der Waals surface area contributed by atoms with Crippen LogP contribution >= 0.6 is 0 Å². The minimum Gasteiger partial charge on any atom is -0.461 e. The number of ether oxygens (including phenoxy) is 1. The number of hydrogen-bond acceptors (Lipinski definition) is 2. The van der Waals surface area contributed by atoms with Gasteiger partial charge in [-0.25, -0.2) is 4.79 Å². The van der Waals surface area contributed by atoms with Crippen molar-refractivity contribution in [1.82, 2.24) is 0 Å². The monoisotopic (exact) mass is 174 g/mol. The SMILES string of the molecule is CCOC(=O)/C(F)=C/CC(C)C. The Hall–Kier alpha value is -0.860. The minimum atomic E-state index is -0.863. The molecule has 0 atom stereocenters. The number of rotatable bonds is 4. The molecule has 2 nitrogen and oxygen atoms in total. The van der Waals surface area contributed by atoms with Crippen LogP contribution in [0.15, 0.2) is 11.9 Å². The summed E-state index contributed by atoms with van der Waals surface area (Å²) in [6.45, 7) is 5.76. The molecule has 0 rings (SSSR count). The molecule has 0 aliphatic carbocycles. The van der Waals surface area contributed by atoms with Crippen LogP contribution in [0.4, 0.5) is 4.39 Å². The van der Waals surface area contributed by atoms with Gasteiger partial charge in [-0.1, -0.05) is 13.8 Å². The van der Waals surface area contributed by atoms with E-state index in [1.165, 1.54) is 6.08 Å². The van der Waals surface area contributed by atoms with Gasteiger partial charge in [0.2, 0.25) is 5.83 Å². The third-order valence-electron chi connectivity index (χ3n) is 1.24. The quantitative estimate of drug-likeness (QED) is 0.483. The number of hydrogen-bond donors (Lipinski definition) is 0. The number of allylic oxidation sites excluding steroid dienone is 1. The standard InChI is InChI=1S/C9H15FO2/c1-4-12-9(11)8(10)6-5-7(2)3/h6-7H,4-5H2,1-3H3/b8-6-. The first-order valence-electron chi connectivity index (χ1n) is 4.10. The molecule has 0 aromatic rings. The molecular formula is C9H15FO2. The molecule has 0 aliphatic heterocycles. The zero-order valence-corrected chi connectivity index (χ0v) is 7.76. The Balaban J connectivity index is 3.90. The summed E-state index contributed by atoms with van der Waals surface area (Å²) in [4.78, 5) is 10.7. The van der Waals surface area contributed by atoms with Crippen molar-refractivity contribution in [1.29, 1.82) is 0 Å². The molecular weight excluding hydrogens is 159 g/mol. The van der Waals surface area contributed by atoms with Crippen LogP contribution in [-0.2, 0) is 9.53 Å². The molecule has 12 heavy (non-hydrogen) atoms. The summed E-state index contributed by atoms with van der Waals surface area (Å²) < 4.78 is 17.2. The van der Waals surface area contributed by atoms with Crippen molar-refractivity contribution in [3.05, 3.63) is 11.9 Å². The zero-order valence-electron chi connectivity index (χ0n) is 7.76. The molecule has 0 saturated heterocycles. The molecule has 0 spiro atoms. The van der Waals surface area contributed by atoms with Gasteiger partial charge in [0.25, 0.3) is 0 Å². The highest BCUT2D eigenvalue weighted by atomic mass is 19.1. The summed E-state index contributed by atoms with van der Waals surface area (Å²) in [5, 5.41) is 0. The molecule has 70 valence electrons. The normalized spacial score (nSPS) is 11.9. The van der Waals surface area contributed by atoms with Crippen LogP contribution in [0.1, 0.15) is 27.2 Å². The molecule has 0 saturated carbocycles. The van der Waals surface area contributed by atoms with E-state index in [0.29, 0.717) is 12.3 Å². The fraction of sp³-hybridized carbons (Fsp3) is 0.667. The molecule has 0 unspecified atom stereocenters. The van der Waals surface area contributed by atoms with Crippen molar-refractivity contribution in [3.8, 4) is 0 Å². The molecule has 0 aromatic heterocycles. The third-order valence-corrected chi connectivity index (χ3v) is 1.24. The maximum Gasteiger partial charge on any atom is 0.366 e. The maximum absolute atomic E-state index is 12.7. The Kier molecular flexibility index (Phi) is 5.34. The molecule has 0 radical (unpaired) electrons. The van der Waals surface area contributed by atoms with Gasteiger partial charge in [-0.2, -0.15) is 4.39 Å². The van der Waals surface area contributed by atoms with Crippen LogP contribution in [0.3, 0.4) is 0 Å². The molecule has 0 N–H and O–H groups in total. The van der Waals surface area contributed by atoms with E-state index in [2.05, 4.69) is 4.74 Å². The van der Waals surface area contributed by atoms with E-state index in [1.54, 1.807) is 6.92 Å². The molecule has 0 heterocycles. The molecule has 0 bridgehead atoms. The maximum atomic E-state index is 12.7. The van der Waals surface area contributed by atoms with Crippen molar-refractivity contribution in [2.75, 3.05) is 6.61 Å². The fourth-order valence-corrected chi connectivity index (χ4v) is 0.623. The van der Waals surface area contributed by atoms with E-state index >= 15 is 0 Å². The highest BCUT2D eigenvalue weighted by Crippen LogP contribution is 2.06. The van der Waals surface area contributed by atoms with E-state index in [4.69, 9.17) is 0 Å². The van der Waals surface area contributed by atoms with Gasteiger partial charge in [0.05, 0.1) is 6.61 Å². The van der Waals surface area contributed by atoms with Crippen molar-refractivity contribution in [3.63, 3.8) is 0 Å². The van der Waals surface area contributed by atoms with Crippen LogP contribution in [0.25, 0.3) is 0 Å². The van der Waals surface area contributed by atoms with Crippen molar-refractivity contribution < 1.29 is 13.9 Å². The largest absolute Gasteiger partial charge is 0.461 e. The Morgan fingerprint density at radius 2 is 2.17 bits per heavy atom. The van der Waals surface area contributed by atoms with Crippen molar-refractivity contribution >= 4 is 5.97 Å². The van der Waals surface area contributed by atoms with Crippen LogP contribution in [0, 0.1) is 5.92 Å². The number of esters is 1. The second-order valence-corrected chi connectivity index (χ2v) is 2.90. The average molecular weight is 174 g/mol. The first-order chi connectivity index (χ1) is 5.57. The van der Waals surface area contributed by atoms with Gasteiger partial charge in [0.1, 0.15) is 0 Å². The lowest BCUT2D eigenvalue weighted by atomic mass is 10.1. The Labute approximate surface area is 72.4 Å². The summed E-state index contributed by atoms with van der Waals surface area (Å²) in [6, 6.07) is 0. The van der Waals surface area contributed by atoms with Gasteiger partial charge in [0.15, 0.2) is 0 Å². The summed E-state index contributed by atoms with van der Waals surface area (Å²) in [7, 11) is 0. The van der Waals surface area contributed by atoms with E-state index < -0.39 is 11.8 Å². The van der Waals surface area contributed by atoms with Crippen molar-refractivity contribution in [2.45, 2.75) is 27.2 Å². The zero-order chi connectivity index (χ0) is 9.56. The minimum absolute atomic E-state index is 0.210. The van der Waals surface area contributed by atoms with E-state index in [9.17, 15) is 9.18 Å². The van der Waals surface area contributed by atoms with Crippen LogP contribution < -0.4 is 0 Å². The van der Waals surface area contributed by atoms with Crippen LogP contribution in [0.5, 0.6) is 0 Å². The van der Waals surface area contributed by atoms with Gasteiger partial charge in [-0.15, -0.1) is 0 Å². The topological polar surface area (TPSA) is 26.3 Å². The molecule has 3 heteroatoms. The smallest absolute Gasteiger partial charge is 0.366 e. The van der Waals surface area contributed by atoms with E-state index in [-0.39, 0.29) is 6.61 Å². The summed E-state index contributed by atoms with van der Waals surface area (Å²) in [5.41, 5.74) is 0. The van der Waals surface area contributed by atoms with E-state index in [0.717, 1.165) is 0 Å². The number of halogens is 1. The van der Waals surface area contributed by atoms with Gasteiger partial charge >= 0.3 is 5.97 Å². The molecule has 0 aliphatic rings. The van der Waals surface area contributed by atoms with Gasteiger partial charge < -0.3 is 4.74 Å². The first kappa shape index (κ1) is 11.1. The Bertz CT molecular complexity index is 173. The lowest BCUT2D eigenvalue weighted by molar-refractivity contribution is -0.140. The van der Waals surface area contributed by atoms with E-state index in [1.807, 2.05) is 13.8 Å². The van der Waals surface area contributed by atoms with Gasteiger partial charge in [-0.3, -0.25) is 0 Å². The fourth-order valence-electron chi connectivity index (χ4n) is 0.623. The second kappa shape index (κ2) is 5.75. The van der Waals surface area contributed by atoms with Crippen LogP contribution in [0.2, 0.25) is 0 Å². The Morgan fingerprint density at radius 1 is 1.58 bits per heavy atom. The lowest BCUT2D eigenvalue weighted by Crippen LogP contribution is -2.04. The van der Waals surface area contributed by atoms with Crippen molar-refractivity contribution in [2.24, 2.45) is 5.92 Å². The van der Waals surface area contributed by atoms with Crippen LogP contribution in [-0.4, -0.2) is 12.6 Å². The van der Waals surface area contributed by atoms with Gasteiger partial charge in [-0.05, 0) is 25.3 Å². The second-order valence-electron chi connectivity index (χ2n) is 2.90. The highest BCUT2D eigenvalue weighted by Gasteiger charge is 2.08. The molecule has 0 fully saturated rings. The number of carbonyl (C=O) groups excluding carboxylic acids is 1. The molecule has 0 amide bonds. The van der Waals surface area contributed by atoms with Gasteiger partial charge in [0, 0.05) is 0 Å². The molecule has 0 aromatic carbocycles. The predicted octanol–water partition coefficient (Wildman–Crippen LogP) is 2.45. The first-order valence-corrected chi connectivity index (χ1v) is 4.10. The summed E-state index contributed by atoms with van der Waals surface area (Å²) in [6.07, 6.45) is 1.83. The summed E-state index contributed by atoms with van der Waals surface area (Å²) in [5.74, 6) is -1.30. The third kappa shape index (κ3) is 4.88. The predicted molar refractivity (Wildman–Crippen MR) is 45.3 cm³/mol. The number of carbonyl (C=O) groups is 1. The average Bonchev–Trinajstić information content (AvgIpc) is 2.00. The lowest BCUT2D eigenvalue weighted by Gasteiger charge is -2.00. The Morgan fingerprint density at radius 3 is 2.58 bits per heavy atom. The summed E-state index contributed by atoms with van der Waals surface area (Å²) >= 11 is 0. The highest BCUT2D eigenvalue weighted by molar-refractivity contribution is 5.85.